The molecule has 0 spiro atoms. The van der Waals surface area contributed by atoms with E-state index in [1.54, 1.807) is 29.7 Å². The molecule has 0 atom stereocenters. The number of anilines is 5. The zero-order valence-corrected chi connectivity index (χ0v) is 37.4. The summed E-state index contributed by atoms with van der Waals surface area (Å²) in [6.45, 7) is 16.3. The van der Waals surface area contributed by atoms with Crippen LogP contribution in [0.4, 0.5) is 33.1 Å². The maximum atomic E-state index is 15.9. The second kappa shape index (κ2) is 20.7. The van der Waals surface area contributed by atoms with Gasteiger partial charge in [0, 0.05) is 98.6 Å². The summed E-state index contributed by atoms with van der Waals surface area (Å²) in [5.74, 6) is 1.58. The van der Waals surface area contributed by atoms with E-state index in [0.717, 1.165) is 72.9 Å². The maximum absolute atomic E-state index is 15.9. The summed E-state index contributed by atoms with van der Waals surface area (Å²) >= 11 is 3.07. The molecule has 3 saturated heterocycles. The topological polar surface area (TPSA) is 119 Å². The normalized spacial score (nSPS) is 16.5. The van der Waals surface area contributed by atoms with E-state index in [1.165, 1.54) is 42.7 Å². The van der Waals surface area contributed by atoms with Crippen molar-refractivity contribution in [2.45, 2.75) is 71.6 Å². The summed E-state index contributed by atoms with van der Waals surface area (Å²) < 4.78 is 19.1. The molecule has 3 aliphatic heterocycles. The van der Waals surface area contributed by atoms with E-state index in [1.807, 2.05) is 12.1 Å². The maximum Gasteiger partial charge on any atom is 0.227 e. The van der Waals surface area contributed by atoms with E-state index in [2.05, 4.69) is 117 Å². The first-order valence-electron chi connectivity index (χ1n) is 21.5. The van der Waals surface area contributed by atoms with Gasteiger partial charge in [0.05, 0.1) is 27.0 Å². The van der Waals surface area contributed by atoms with Crippen LogP contribution in [0.3, 0.4) is 0 Å². The molecule has 3 N–H and O–H groups in total. The van der Waals surface area contributed by atoms with E-state index < -0.39 is 0 Å². The van der Waals surface area contributed by atoms with E-state index in [-0.39, 0.29) is 23.0 Å². The van der Waals surface area contributed by atoms with Gasteiger partial charge in [-0.1, -0.05) is 63.9 Å². The predicted molar refractivity (Wildman–Crippen MR) is 250 cm³/mol. The predicted octanol–water partition coefficient (Wildman–Crippen LogP) is 9.77. The summed E-state index contributed by atoms with van der Waals surface area (Å²) in [6, 6.07) is 26.7. The van der Waals surface area contributed by atoms with Gasteiger partial charge in [-0.15, -0.1) is 11.3 Å². The molecule has 322 valence electrons. The Balaban J connectivity index is 0.000000630. The summed E-state index contributed by atoms with van der Waals surface area (Å²) in [5, 5.41) is 6.53. The fourth-order valence-electron chi connectivity index (χ4n) is 7.71. The molecule has 0 aliphatic carbocycles. The minimum Gasteiger partial charge on any atom is -0.372 e. The number of piperazine rings is 1. The molecule has 61 heavy (non-hydrogen) atoms. The van der Waals surface area contributed by atoms with Crippen molar-refractivity contribution in [2.75, 3.05) is 71.4 Å². The lowest BCUT2D eigenvalue weighted by Gasteiger charge is -2.40. The van der Waals surface area contributed by atoms with Crippen molar-refractivity contribution >= 4 is 63.8 Å². The summed E-state index contributed by atoms with van der Waals surface area (Å²) in [4.78, 5) is 43.6. The molecule has 11 nitrogen and oxygen atoms in total. The second-order valence-electron chi connectivity index (χ2n) is 16.9. The first-order chi connectivity index (χ1) is 29.5. The summed E-state index contributed by atoms with van der Waals surface area (Å²) in [7, 11) is 0. The van der Waals surface area contributed by atoms with E-state index in [4.69, 9.17) is 9.97 Å². The average molecular weight is 864 g/mol. The van der Waals surface area contributed by atoms with Crippen LogP contribution in [0.1, 0.15) is 71.2 Å². The fourth-order valence-corrected chi connectivity index (χ4v) is 9.43. The number of rotatable bonds is 12. The van der Waals surface area contributed by atoms with Crippen LogP contribution in [0.2, 0.25) is 0 Å². The third kappa shape index (κ3) is 11.9. The zero-order valence-electron chi connectivity index (χ0n) is 35.8. The number of carbonyl (C=O) groups is 2. The fraction of sp³-hybridized carbons (Fsp3) is 0.426. The van der Waals surface area contributed by atoms with Gasteiger partial charge in [0.2, 0.25) is 17.8 Å². The van der Waals surface area contributed by atoms with Gasteiger partial charge in [-0.25, -0.2) is 19.3 Å². The van der Waals surface area contributed by atoms with Crippen molar-refractivity contribution in [3.63, 3.8) is 0 Å². The number of carbonyl (C=O) groups excluding carboxylic acids is 2. The number of nitrogens with one attached hydrogen (secondary N) is 3. The van der Waals surface area contributed by atoms with Crippen LogP contribution >= 0.6 is 23.3 Å². The molecule has 2 aromatic heterocycles. The van der Waals surface area contributed by atoms with Crippen LogP contribution in [0.25, 0.3) is 21.8 Å². The summed E-state index contributed by atoms with van der Waals surface area (Å²) in [6.07, 6.45) is 7.01. The highest BCUT2D eigenvalue weighted by molar-refractivity contribution is 8.00. The number of imide groups is 1. The quantitative estimate of drug-likeness (QED) is 0.0632. The van der Waals surface area contributed by atoms with Gasteiger partial charge < -0.3 is 19.8 Å². The first kappa shape index (κ1) is 44.0. The Morgan fingerprint density at radius 2 is 1.52 bits per heavy atom. The van der Waals surface area contributed by atoms with Crippen LogP contribution < -0.4 is 25.2 Å². The molecule has 0 radical (unpaired) electrons. The molecule has 14 heteroatoms. The van der Waals surface area contributed by atoms with Crippen molar-refractivity contribution in [2.24, 2.45) is 5.92 Å². The highest BCUT2D eigenvalue weighted by atomic mass is 32.2. The van der Waals surface area contributed by atoms with E-state index in [0.29, 0.717) is 47.8 Å². The molecular formula is C47H58FN9O2S2. The van der Waals surface area contributed by atoms with Crippen LogP contribution in [-0.2, 0) is 15.0 Å². The van der Waals surface area contributed by atoms with E-state index >= 15 is 4.39 Å². The lowest BCUT2D eigenvalue weighted by molar-refractivity contribution is -0.132. The first-order valence-corrected chi connectivity index (χ1v) is 23.3. The van der Waals surface area contributed by atoms with Gasteiger partial charge in [-0.3, -0.25) is 19.8 Å². The standard InChI is InChI=1S/C42H51FN8S2.C5H7NO2/c1-5-28-52-48-35-13-9-12-34(37(35)43)38-39(53-40(47-38)42(2,3)4)36-18-21-44-41(46-36)45-31-14-16-33(17-15-31)51-26-24-49(25-27-51)29-30-19-22-50(23-20-30)32-10-7-6-8-11-32;7-4-2-1-3-5(8)6-4/h6-18,21,30,48H,5,19-20,22-29H2,1-4H3,(H,44,45,46);1-3H2,(H,6,7,8). The number of thiazole rings is 1. The molecule has 0 bridgehead atoms. The highest BCUT2D eigenvalue weighted by Gasteiger charge is 2.27. The monoisotopic (exact) mass is 863 g/mol. The van der Waals surface area contributed by atoms with Crippen molar-refractivity contribution in [3.05, 3.63) is 95.9 Å². The Morgan fingerprint density at radius 1 is 0.836 bits per heavy atom. The molecule has 5 heterocycles. The number of amides is 2. The number of halogens is 1. The van der Waals surface area contributed by atoms with Crippen molar-refractivity contribution < 1.29 is 14.0 Å². The number of hydrogen-bond acceptors (Lipinski definition) is 12. The molecular weight excluding hydrogens is 806 g/mol. The Morgan fingerprint density at radius 3 is 2.18 bits per heavy atom. The zero-order chi connectivity index (χ0) is 42.8. The minimum atomic E-state index is -0.308. The number of piperidine rings is 2. The molecule has 0 unspecified atom stereocenters. The van der Waals surface area contributed by atoms with Gasteiger partial charge >= 0.3 is 0 Å². The molecule has 3 aliphatic rings. The molecule has 8 rings (SSSR count). The van der Waals surface area contributed by atoms with Gasteiger partial charge in [0.1, 0.15) is 0 Å². The Kier molecular flexibility index (Phi) is 14.9. The number of nitrogens with zero attached hydrogens (tertiary/aromatic N) is 6. The van der Waals surface area contributed by atoms with Gasteiger partial charge in [0.15, 0.2) is 5.82 Å². The van der Waals surface area contributed by atoms with Crippen LogP contribution in [0, 0.1) is 11.7 Å². The minimum absolute atomic E-state index is 0.138. The number of hydrogen-bond donors (Lipinski definition) is 3. The van der Waals surface area contributed by atoms with Crippen LogP contribution in [0.5, 0.6) is 0 Å². The molecule has 3 fully saturated rings. The molecule has 0 saturated carbocycles. The van der Waals surface area contributed by atoms with Gasteiger partial charge in [0.25, 0.3) is 0 Å². The molecule has 3 aromatic carbocycles. The third-order valence-electron chi connectivity index (χ3n) is 11.1. The third-order valence-corrected chi connectivity index (χ3v) is 13.6. The average Bonchev–Trinajstić information content (AvgIpc) is 3.73. The Bertz CT molecular complexity index is 2200. The Hall–Kier alpha value is -5.05. The lowest BCUT2D eigenvalue weighted by Crippen LogP contribution is -2.49. The Labute approximate surface area is 368 Å². The lowest BCUT2D eigenvalue weighted by atomic mass is 9.95. The second-order valence-corrected chi connectivity index (χ2v) is 18.8. The number of aromatic nitrogens is 3. The van der Waals surface area contributed by atoms with Gasteiger partial charge in [-0.05, 0) is 86.2 Å². The number of para-hydroxylation sites is 1. The highest BCUT2D eigenvalue weighted by Crippen LogP contribution is 2.42. The van der Waals surface area contributed by atoms with E-state index in [9.17, 15) is 9.59 Å². The van der Waals surface area contributed by atoms with Gasteiger partial charge in [-0.2, -0.15) is 0 Å². The van der Waals surface area contributed by atoms with Crippen molar-refractivity contribution in [1.29, 1.82) is 0 Å². The van der Waals surface area contributed by atoms with Crippen LogP contribution in [0.15, 0.2) is 85.1 Å². The molecule has 2 amide bonds. The largest absolute Gasteiger partial charge is 0.372 e. The summed E-state index contributed by atoms with van der Waals surface area (Å²) in [5.41, 5.74) is 5.53. The number of benzene rings is 3. The smallest absolute Gasteiger partial charge is 0.227 e. The van der Waals surface area contributed by atoms with Crippen LogP contribution in [-0.4, -0.2) is 83.2 Å². The molecule has 5 aromatic rings. The van der Waals surface area contributed by atoms with Crippen molar-refractivity contribution in [3.8, 4) is 21.8 Å². The SMILES string of the molecule is CCCSNc1cccc(-c2nc(C(C)(C)C)sc2-c2ccnc(Nc3ccc(N4CCN(CC5CCN(c6ccccc6)CC5)CC4)cc3)n2)c1F.O=C1CCCC(=O)N1. The van der Waals surface area contributed by atoms with Crippen molar-refractivity contribution in [1.82, 2.24) is 25.2 Å².